The molecule has 0 unspecified atom stereocenters. The summed E-state index contributed by atoms with van der Waals surface area (Å²) in [6.07, 6.45) is 1.33. The first-order valence-corrected chi connectivity index (χ1v) is 5.22. The quantitative estimate of drug-likeness (QED) is 0.660. The van der Waals surface area contributed by atoms with Crippen molar-refractivity contribution in [2.75, 3.05) is 26.8 Å². The predicted molar refractivity (Wildman–Crippen MR) is 61.1 cm³/mol. The Kier molecular flexibility index (Phi) is 5.24. The lowest BCUT2D eigenvalue weighted by Crippen LogP contribution is -2.33. The van der Waals surface area contributed by atoms with E-state index in [4.69, 9.17) is 16.3 Å². The first-order valence-electron chi connectivity index (χ1n) is 4.84. The van der Waals surface area contributed by atoms with Crippen molar-refractivity contribution >= 4 is 11.6 Å². The van der Waals surface area contributed by atoms with Crippen LogP contribution in [-0.4, -0.2) is 36.4 Å². The number of ether oxygens (including phenoxy) is 1. The molecule has 0 saturated carbocycles. The topological polar surface area (TPSA) is 76.1 Å². The van der Waals surface area contributed by atoms with E-state index in [0.29, 0.717) is 26.2 Å². The summed E-state index contributed by atoms with van der Waals surface area (Å²) in [5, 5.41) is 3.09. The van der Waals surface area contributed by atoms with Crippen LogP contribution >= 0.6 is 11.6 Å². The summed E-state index contributed by atoms with van der Waals surface area (Å²) in [6.45, 7) is 2.37. The van der Waals surface area contributed by atoms with Gasteiger partial charge < -0.3 is 10.1 Å². The smallest absolute Gasteiger partial charge is 0.328 e. The van der Waals surface area contributed by atoms with E-state index in [2.05, 4.69) is 10.3 Å². The Bertz CT molecular complexity index is 440. The molecule has 1 aromatic rings. The van der Waals surface area contributed by atoms with Crippen molar-refractivity contribution in [3.05, 3.63) is 32.1 Å². The predicted octanol–water partition coefficient (Wildman–Crippen LogP) is -0.574. The van der Waals surface area contributed by atoms with Gasteiger partial charge in [-0.3, -0.25) is 14.3 Å². The molecule has 0 aliphatic carbocycles. The highest BCUT2D eigenvalue weighted by molar-refractivity contribution is 6.30. The number of nitrogens with zero attached hydrogens (tertiary/aromatic N) is 1. The molecule has 16 heavy (non-hydrogen) atoms. The zero-order valence-electron chi connectivity index (χ0n) is 8.96. The molecule has 0 aromatic carbocycles. The largest absolute Gasteiger partial charge is 0.383 e. The number of H-pyrrole nitrogens is 1. The molecular formula is C9H14ClN3O3. The van der Waals surface area contributed by atoms with E-state index in [1.54, 1.807) is 7.11 Å². The molecule has 0 bridgehead atoms. The molecule has 0 atom stereocenters. The Morgan fingerprint density at radius 1 is 1.50 bits per heavy atom. The maximum Gasteiger partial charge on any atom is 0.328 e. The van der Waals surface area contributed by atoms with Gasteiger partial charge in [0.25, 0.3) is 5.56 Å². The van der Waals surface area contributed by atoms with Gasteiger partial charge in [0, 0.05) is 32.9 Å². The zero-order valence-corrected chi connectivity index (χ0v) is 9.71. The third-order valence-electron chi connectivity index (χ3n) is 1.98. The van der Waals surface area contributed by atoms with Gasteiger partial charge in [0.2, 0.25) is 0 Å². The van der Waals surface area contributed by atoms with Gasteiger partial charge in [0.05, 0.1) is 6.61 Å². The number of halogens is 1. The zero-order chi connectivity index (χ0) is 12.0. The Morgan fingerprint density at radius 3 is 2.94 bits per heavy atom. The van der Waals surface area contributed by atoms with Crippen LogP contribution < -0.4 is 16.6 Å². The van der Waals surface area contributed by atoms with Crippen molar-refractivity contribution in [1.29, 1.82) is 0 Å². The third kappa shape index (κ3) is 3.80. The number of nitrogens with one attached hydrogen (secondary N) is 2. The monoisotopic (exact) mass is 247 g/mol. The van der Waals surface area contributed by atoms with Gasteiger partial charge in [-0.2, -0.15) is 0 Å². The van der Waals surface area contributed by atoms with Crippen LogP contribution in [0.5, 0.6) is 0 Å². The molecule has 2 N–H and O–H groups in total. The fraction of sp³-hybridized carbons (Fsp3) is 0.556. The highest BCUT2D eigenvalue weighted by Crippen LogP contribution is 1.94. The highest BCUT2D eigenvalue weighted by atomic mass is 35.5. The lowest BCUT2D eigenvalue weighted by molar-refractivity contribution is 0.199. The Balaban J connectivity index is 2.51. The van der Waals surface area contributed by atoms with E-state index >= 15 is 0 Å². The van der Waals surface area contributed by atoms with Gasteiger partial charge in [0.1, 0.15) is 5.02 Å². The molecule has 0 aliphatic heterocycles. The van der Waals surface area contributed by atoms with Crippen LogP contribution in [0, 0.1) is 0 Å². The van der Waals surface area contributed by atoms with Crippen LogP contribution in [0.1, 0.15) is 0 Å². The molecule has 0 radical (unpaired) electrons. The molecule has 0 amide bonds. The summed E-state index contributed by atoms with van der Waals surface area (Å²) in [5.41, 5.74) is -1.02. The summed E-state index contributed by atoms with van der Waals surface area (Å²) in [5.74, 6) is 0. The van der Waals surface area contributed by atoms with E-state index in [-0.39, 0.29) is 5.02 Å². The standard InChI is InChI=1S/C9H14ClN3O3/c1-16-5-3-11-2-4-13-6-7(10)8(14)12-9(13)15/h6,11H,2-5H2,1H3,(H,12,14,15). The molecule has 1 rings (SSSR count). The highest BCUT2D eigenvalue weighted by Gasteiger charge is 2.01. The maximum atomic E-state index is 11.3. The summed E-state index contributed by atoms with van der Waals surface area (Å²) in [7, 11) is 1.62. The van der Waals surface area contributed by atoms with Gasteiger partial charge >= 0.3 is 5.69 Å². The lowest BCUT2D eigenvalue weighted by atomic mass is 10.5. The number of rotatable bonds is 6. The van der Waals surface area contributed by atoms with Gasteiger partial charge in [-0.25, -0.2) is 4.79 Å². The van der Waals surface area contributed by atoms with Crippen LogP contribution in [0.15, 0.2) is 15.8 Å². The lowest BCUT2D eigenvalue weighted by Gasteiger charge is -2.06. The normalized spacial score (nSPS) is 10.6. The average molecular weight is 248 g/mol. The number of aromatic nitrogens is 2. The molecule has 0 saturated heterocycles. The minimum atomic E-state index is -0.560. The second kappa shape index (κ2) is 6.47. The third-order valence-corrected chi connectivity index (χ3v) is 2.25. The summed E-state index contributed by atoms with van der Waals surface area (Å²) in [4.78, 5) is 24.4. The van der Waals surface area contributed by atoms with Crippen molar-refractivity contribution in [3.8, 4) is 0 Å². The minimum absolute atomic E-state index is 0.0106. The summed E-state index contributed by atoms with van der Waals surface area (Å²) in [6, 6.07) is 0. The molecule has 1 aromatic heterocycles. The second-order valence-corrected chi connectivity index (χ2v) is 3.58. The Labute approximate surface area is 97.2 Å². The molecule has 0 spiro atoms. The van der Waals surface area contributed by atoms with Crippen molar-refractivity contribution in [1.82, 2.24) is 14.9 Å². The van der Waals surface area contributed by atoms with Gasteiger partial charge in [-0.1, -0.05) is 11.6 Å². The van der Waals surface area contributed by atoms with Gasteiger partial charge in [-0.05, 0) is 0 Å². The second-order valence-electron chi connectivity index (χ2n) is 3.17. The van der Waals surface area contributed by atoms with Crippen LogP contribution in [0.25, 0.3) is 0 Å². The van der Waals surface area contributed by atoms with E-state index in [0.717, 1.165) is 0 Å². The molecule has 0 fully saturated rings. The van der Waals surface area contributed by atoms with E-state index < -0.39 is 11.2 Å². The maximum absolute atomic E-state index is 11.3. The van der Waals surface area contributed by atoms with E-state index in [9.17, 15) is 9.59 Å². The summed E-state index contributed by atoms with van der Waals surface area (Å²) >= 11 is 5.60. The minimum Gasteiger partial charge on any atom is -0.383 e. The molecule has 90 valence electrons. The van der Waals surface area contributed by atoms with Gasteiger partial charge in [0.15, 0.2) is 0 Å². The van der Waals surface area contributed by atoms with Crippen molar-refractivity contribution in [3.63, 3.8) is 0 Å². The average Bonchev–Trinajstić information content (AvgIpc) is 2.25. The van der Waals surface area contributed by atoms with Crippen LogP contribution in [-0.2, 0) is 11.3 Å². The van der Waals surface area contributed by atoms with E-state index in [1.807, 2.05) is 0 Å². The van der Waals surface area contributed by atoms with Crippen LogP contribution in [0.4, 0.5) is 0 Å². The first-order chi connectivity index (χ1) is 7.65. The number of hydrogen-bond donors (Lipinski definition) is 2. The van der Waals surface area contributed by atoms with Crippen molar-refractivity contribution in [2.45, 2.75) is 6.54 Å². The first kappa shape index (κ1) is 13.0. The number of hydrogen-bond acceptors (Lipinski definition) is 4. The van der Waals surface area contributed by atoms with Crippen LogP contribution in [0.3, 0.4) is 0 Å². The number of methoxy groups -OCH3 is 1. The molecule has 1 heterocycles. The molecule has 6 nitrogen and oxygen atoms in total. The van der Waals surface area contributed by atoms with Gasteiger partial charge in [-0.15, -0.1) is 0 Å². The molecule has 7 heteroatoms. The fourth-order valence-electron chi connectivity index (χ4n) is 1.15. The van der Waals surface area contributed by atoms with Crippen LogP contribution in [0.2, 0.25) is 5.02 Å². The van der Waals surface area contributed by atoms with Crippen molar-refractivity contribution in [2.24, 2.45) is 0 Å². The molecular weight excluding hydrogens is 234 g/mol. The Hall–Kier alpha value is -1.11. The fourth-order valence-corrected chi connectivity index (χ4v) is 1.31. The number of aromatic amines is 1. The SMILES string of the molecule is COCCNCCn1cc(Cl)c(=O)[nH]c1=O. The van der Waals surface area contributed by atoms with E-state index in [1.165, 1.54) is 10.8 Å². The Morgan fingerprint density at radius 2 is 2.25 bits per heavy atom. The molecule has 0 aliphatic rings. The van der Waals surface area contributed by atoms with Crippen molar-refractivity contribution < 1.29 is 4.74 Å². The summed E-state index contributed by atoms with van der Waals surface area (Å²) < 4.78 is 6.20.